The van der Waals surface area contributed by atoms with Gasteiger partial charge in [-0.1, -0.05) is 18.2 Å². The molecule has 2 rings (SSSR count). The van der Waals surface area contributed by atoms with Gasteiger partial charge in [0.25, 0.3) is 0 Å². The predicted molar refractivity (Wildman–Crippen MR) is 106 cm³/mol. The molecule has 27 heavy (non-hydrogen) atoms. The van der Waals surface area contributed by atoms with Crippen molar-refractivity contribution in [3.05, 3.63) is 59.2 Å². The number of nitrogens with one attached hydrogen (secondary N) is 1. The Bertz CT molecular complexity index is 789. The molecule has 2 aromatic carbocycles. The lowest BCUT2D eigenvalue weighted by Gasteiger charge is -2.24. The maximum atomic E-state index is 12.3. The third-order valence-corrected chi connectivity index (χ3v) is 3.93. The number of carbonyl (C=O) groups is 2. The molecule has 0 radical (unpaired) electrons. The number of carbonyl (C=O) groups excluding carboxylic acids is 2. The molecule has 0 saturated heterocycles. The van der Waals surface area contributed by atoms with E-state index < -0.39 is 11.6 Å². The maximum absolute atomic E-state index is 12.3. The number of rotatable bonds is 7. The molecule has 2 aromatic rings. The third-order valence-electron chi connectivity index (χ3n) is 3.93. The van der Waals surface area contributed by atoms with E-state index in [0.29, 0.717) is 12.4 Å². The summed E-state index contributed by atoms with van der Waals surface area (Å²) in [6.07, 6.45) is 0.258. The standard InChI is InChI=1S/C22H27NO4/c1-6-26-21(25)22(4,5)27-19-9-7-17(8-10-19)14-20(24)23-18-12-15(2)11-16(3)13-18/h7-13H,6,14H2,1-5H3,(H,23,24). The van der Waals surface area contributed by atoms with Gasteiger partial charge in [-0.3, -0.25) is 4.79 Å². The van der Waals surface area contributed by atoms with Crippen LogP contribution in [0.25, 0.3) is 0 Å². The second-order valence-corrected chi connectivity index (χ2v) is 7.08. The summed E-state index contributed by atoms with van der Waals surface area (Å²) < 4.78 is 10.7. The van der Waals surface area contributed by atoms with Crippen molar-refractivity contribution in [2.45, 2.75) is 46.6 Å². The van der Waals surface area contributed by atoms with Crippen LogP contribution >= 0.6 is 0 Å². The fraction of sp³-hybridized carbons (Fsp3) is 0.364. The second-order valence-electron chi connectivity index (χ2n) is 7.08. The van der Waals surface area contributed by atoms with Gasteiger partial charge in [0.2, 0.25) is 5.91 Å². The van der Waals surface area contributed by atoms with Crippen molar-refractivity contribution in [2.75, 3.05) is 11.9 Å². The van der Waals surface area contributed by atoms with Crippen molar-refractivity contribution in [1.82, 2.24) is 0 Å². The highest BCUT2D eigenvalue weighted by Gasteiger charge is 2.31. The minimum absolute atomic E-state index is 0.0829. The highest BCUT2D eigenvalue weighted by Crippen LogP contribution is 2.21. The van der Waals surface area contributed by atoms with Gasteiger partial charge in [0.15, 0.2) is 5.60 Å². The summed E-state index contributed by atoms with van der Waals surface area (Å²) in [7, 11) is 0. The molecular weight excluding hydrogens is 342 g/mol. The number of benzene rings is 2. The molecule has 0 saturated carbocycles. The fourth-order valence-corrected chi connectivity index (χ4v) is 2.75. The summed E-state index contributed by atoms with van der Waals surface area (Å²) in [5.74, 6) is 0.0499. The number of amides is 1. The normalized spacial score (nSPS) is 11.0. The molecule has 144 valence electrons. The predicted octanol–water partition coefficient (Wildman–Crippen LogP) is 4.21. The molecule has 0 fully saturated rings. The molecule has 1 N–H and O–H groups in total. The van der Waals surface area contributed by atoms with E-state index in [1.807, 2.05) is 38.1 Å². The largest absolute Gasteiger partial charge is 0.476 e. The van der Waals surface area contributed by atoms with Gasteiger partial charge in [-0.2, -0.15) is 0 Å². The first-order valence-corrected chi connectivity index (χ1v) is 9.03. The van der Waals surface area contributed by atoms with Crippen molar-refractivity contribution < 1.29 is 19.1 Å². The Hall–Kier alpha value is -2.82. The summed E-state index contributed by atoms with van der Waals surface area (Å²) in [5.41, 5.74) is 2.80. The van der Waals surface area contributed by atoms with Gasteiger partial charge in [0, 0.05) is 5.69 Å². The first-order valence-electron chi connectivity index (χ1n) is 9.03. The number of anilines is 1. The zero-order valence-corrected chi connectivity index (χ0v) is 16.6. The van der Waals surface area contributed by atoms with Crippen LogP contribution in [-0.2, 0) is 20.7 Å². The molecule has 0 spiro atoms. The average molecular weight is 369 g/mol. The van der Waals surface area contributed by atoms with Crippen LogP contribution in [0.2, 0.25) is 0 Å². The molecule has 0 unspecified atom stereocenters. The zero-order valence-electron chi connectivity index (χ0n) is 16.6. The Kier molecular flexibility index (Phi) is 6.61. The van der Waals surface area contributed by atoms with Crippen LogP contribution in [0.15, 0.2) is 42.5 Å². The highest BCUT2D eigenvalue weighted by molar-refractivity contribution is 5.92. The van der Waals surface area contributed by atoms with Gasteiger partial charge in [0.1, 0.15) is 5.75 Å². The van der Waals surface area contributed by atoms with Crippen molar-refractivity contribution in [3.8, 4) is 5.75 Å². The summed E-state index contributed by atoms with van der Waals surface area (Å²) in [5, 5.41) is 2.92. The first kappa shape index (κ1) is 20.5. The quantitative estimate of drug-likeness (QED) is 0.743. The van der Waals surface area contributed by atoms with E-state index in [2.05, 4.69) is 11.4 Å². The van der Waals surface area contributed by atoms with E-state index in [9.17, 15) is 9.59 Å². The van der Waals surface area contributed by atoms with Gasteiger partial charge >= 0.3 is 5.97 Å². The van der Waals surface area contributed by atoms with Crippen LogP contribution < -0.4 is 10.1 Å². The highest BCUT2D eigenvalue weighted by atomic mass is 16.6. The van der Waals surface area contributed by atoms with Gasteiger partial charge in [-0.05, 0) is 75.6 Å². The lowest BCUT2D eigenvalue weighted by Crippen LogP contribution is -2.39. The summed E-state index contributed by atoms with van der Waals surface area (Å²) >= 11 is 0. The number of ether oxygens (including phenoxy) is 2. The molecule has 0 atom stereocenters. The zero-order chi connectivity index (χ0) is 20.0. The van der Waals surface area contributed by atoms with E-state index in [1.165, 1.54) is 0 Å². The first-order chi connectivity index (χ1) is 12.7. The molecule has 0 aromatic heterocycles. The second kappa shape index (κ2) is 8.71. The molecule has 0 aliphatic heterocycles. The molecule has 0 aliphatic rings. The lowest BCUT2D eigenvalue weighted by molar-refractivity contribution is -0.158. The smallest absolute Gasteiger partial charge is 0.349 e. The number of hydrogen-bond donors (Lipinski definition) is 1. The Morgan fingerprint density at radius 1 is 1.00 bits per heavy atom. The number of esters is 1. The Morgan fingerprint density at radius 2 is 1.59 bits per heavy atom. The summed E-state index contributed by atoms with van der Waals surface area (Å²) in [4.78, 5) is 24.2. The molecule has 1 amide bonds. The molecule has 0 aliphatic carbocycles. The number of aryl methyl sites for hydroxylation is 2. The Morgan fingerprint density at radius 3 is 2.15 bits per heavy atom. The van der Waals surface area contributed by atoms with Crippen LogP contribution in [0.4, 0.5) is 5.69 Å². The Balaban J connectivity index is 1.96. The lowest BCUT2D eigenvalue weighted by atomic mass is 10.1. The molecule has 5 nitrogen and oxygen atoms in total. The van der Waals surface area contributed by atoms with E-state index in [1.54, 1.807) is 32.9 Å². The van der Waals surface area contributed by atoms with Gasteiger partial charge in [-0.25, -0.2) is 4.79 Å². The van der Waals surface area contributed by atoms with Crippen LogP contribution in [0.1, 0.15) is 37.5 Å². The molecule has 5 heteroatoms. The molecule has 0 bridgehead atoms. The van der Waals surface area contributed by atoms with Crippen LogP contribution in [0.3, 0.4) is 0 Å². The third kappa shape index (κ3) is 6.13. The molecule has 0 heterocycles. The monoisotopic (exact) mass is 369 g/mol. The van der Waals surface area contributed by atoms with E-state index in [-0.39, 0.29) is 12.3 Å². The van der Waals surface area contributed by atoms with Gasteiger partial charge in [-0.15, -0.1) is 0 Å². The van der Waals surface area contributed by atoms with E-state index in [0.717, 1.165) is 22.4 Å². The summed E-state index contributed by atoms with van der Waals surface area (Å²) in [6.45, 7) is 9.39. The fourth-order valence-electron chi connectivity index (χ4n) is 2.75. The summed E-state index contributed by atoms with van der Waals surface area (Å²) in [6, 6.07) is 13.1. The van der Waals surface area contributed by atoms with Crippen molar-refractivity contribution in [3.63, 3.8) is 0 Å². The van der Waals surface area contributed by atoms with Crippen molar-refractivity contribution in [2.24, 2.45) is 0 Å². The topological polar surface area (TPSA) is 64.6 Å². The van der Waals surface area contributed by atoms with E-state index in [4.69, 9.17) is 9.47 Å². The minimum Gasteiger partial charge on any atom is -0.476 e. The van der Waals surface area contributed by atoms with Crippen LogP contribution in [0.5, 0.6) is 5.75 Å². The SMILES string of the molecule is CCOC(=O)C(C)(C)Oc1ccc(CC(=O)Nc2cc(C)cc(C)c2)cc1. The number of hydrogen-bond acceptors (Lipinski definition) is 4. The van der Waals surface area contributed by atoms with Crippen LogP contribution in [0, 0.1) is 13.8 Å². The van der Waals surface area contributed by atoms with E-state index >= 15 is 0 Å². The molecular formula is C22H27NO4. The van der Waals surface area contributed by atoms with Crippen molar-refractivity contribution in [1.29, 1.82) is 0 Å². The maximum Gasteiger partial charge on any atom is 0.349 e. The van der Waals surface area contributed by atoms with Crippen LogP contribution in [-0.4, -0.2) is 24.1 Å². The van der Waals surface area contributed by atoms with Crippen molar-refractivity contribution >= 4 is 17.6 Å². The Labute approximate surface area is 160 Å². The average Bonchev–Trinajstić information content (AvgIpc) is 2.55. The minimum atomic E-state index is -1.07. The van der Waals surface area contributed by atoms with Gasteiger partial charge in [0.05, 0.1) is 13.0 Å². The van der Waals surface area contributed by atoms with Gasteiger partial charge < -0.3 is 14.8 Å².